The zero-order chi connectivity index (χ0) is 21.0. The van der Waals surface area contributed by atoms with E-state index in [1.807, 2.05) is 6.92 Å². The Bertz CT molecular complexity index is 992. The molecule has 0 aliphatic heterocycles. The van der Waals surface area contributed by atoms with E-state index in [4.69, 9.17) is 10.7 Å². The lowest BCUT2D eigenvalue weighted by Gasteiger charge is -2.12. The number of hydrogen-bond donors (Lipinski definition) is 1. The molecule has 3 aromatic rings. The van der Waals surface area contributed by atoms with Crippen LogP contribution in [0.2, 0.25) is 0 Å². The standard InChI is InChI=1S/C21H26F2N4OS/c1-3-7-18-26-19-20(14(2)13-25-21(19)24)27(18)10-5-4-6-11-29(28)17-9-8-15(22)12-16(17)23/h8-9,12-13H,3-7,10-11H2,1-2H3,(H2,24,25). The van der Waals surface area contributed by atoms with E-state index in [2.05, 4.69) is 16.5 Å². The zero-order valence-corrected chi connectivity index (χ0v) is 17.6. The van der Waals surface area contributed by atoms with Crippen molar-refractivity contribution in [1.82, 2.24) is 14.5 Å². The monoisotopic (exact) mass is 420 g/mol. The van der Waals surface area contributed by atoms with Crippen LogP contribution in [-0.2, 0) is 24.1 Å². The van der Waals surface area contributed by atoms with Crippen LogP contribution in [0.3, 0.4) is 0 Å². The third-order valence-corrected chi connectivity index (χ3v) is 6.37. The SMILES string of the molecule is CCCc1nc2c(N)ncc(C)c2n1CCCCC[S+]([O-])c1ccc(F)cc1F. The van der Waals surface area contributed by atoms with E-state index in [1.165, 1.54) is 6.07 Å². The third kappa shape index (κ3) is 4.87. The summed E-state index contributed by atoms with van der Waals surface area (Å²) >= 11 is -1.47. The molecule has 3 rings (SSSR count). The van der Waals surface area contributed by atoms with Gasteiger partial charge in [-0.2, -0.15) is 0 Å². The number of aryl methyl sites for hydroxylation is 3. The number of unbranched alkanes of at least 4 members (excludes halogenated alkanes) is 2. The van der Waals surface area contributed by atoms with Crippen LogP contribution in [0, 0.1) is 18.6 Å². The van der Waals surface area contributed by atoms with Gasteiger partial charge in [0.15, 0.2) is 16.5 Å². The van der Waals surface area contributed by atoms with Crippen molar-refractivity contribution in [3.05, 3.63) is 47.4 Å². The maximum Gasteiger partial charge on any atom is 0.188 e. The molecule has 0 saturated heterocycles. The van der Waals surface area contributed by atoms with Crippen molar-refractivity contribution in [2.75, 3.05) is 11.5 Å². The van der Waals surface area contributed by atoms with E-state index in [1.54, 1.807) is 6.20 Å². The van der Waals surface area contributed by atoms with E-state index in [0.717, 1.165) is 66.8 Å². The van der Waals surface area contributed by atoms with E-state index in [0.29, 0.717) is 18.0 Å². The smallest absolute Gasteiger partial charge is 0.188 e. The highest BCUT2D eigenvalue weighted by atomic mass is 32.2. The molecule has 1 aromatic carbocycles. The Morgan fingerprint density at radius 2 is 2.00 bits per heavy atom. The van der Waals surface area contributed by atoms with Gasteiger partial charge >= 0.3 is 0 Å². The molecule has 0 radical (unpaired) electrons. The summed E-state index contributed by atoms with van der Waals surface area (Å²) in [6.07, 6.45) is 6.04. The van der Waals surface area contributed by atoms with Gasteiger partial charge in [0.25, 0.3) is 0 Å². The molecule has 0 fully saturated rings. The normalized spacial score (nSPS) is 12.6. The molecule has 29 heavy (non-hydrogen) atoms. The first-order chi connectivity index (χ1) is 13.9. The Morgan fingerprint density at radius 1 is 1.21 bits per heavy atom. The lowest BCUT2D eigenvalue weighted by Crippen LogP contribution is -2.10. The summed E-state index contributed by atoms with van der Waals surface area (Å²) in [6.45, 7) is 4.90. The molecule has 0 bridgehead atoms. The van der Waals surface area contributed by atoms with Gasteiger partial charge in [0.05, 0.1) is 5.52 Å². The molecule has 0 spiro atoms. The topological polar surface area (TPSA) is 79.8 Å². The molecule has 1 atom stereocenters. The predicted octanol–water partition coefficient (Wildman–Crippen LogP) is 4.53. The quantitative estimate of drug-likeness (QED) is 0.407. The molecule has 2 aromatic heterocycles. The number of halogens is 2. The van der Waals surface area contributed by atoms with Crippen molar-refractivity contribution in [3.8, 4) is 0 Å². The summed E-state index contributed by atoms with van der Waals surface area (Å²) in [5.74, 6) is 0.384. The minimum atomic E-state index is -1.47. The molecule has 2 heterocycles. The molecular formula is C21H26F2N4OS. The van der Waals surface area contributed by atoms with Crippen LogP contribution in [0.25, 0.3) is 11.0 Å². The average Bonchev–Trinajstić information content (AvgIpc) is 3.04. The Kier molecular flexibility index (Phi) is 7.08. The number of pyridine rings is 1. The molecule has 8 heteroatoms. The average molecular weight is 421 g/mol. The van der Waals surface area contributed by atoms with Gasteiger partial charge < -0.3 is 14.9 Å². The lowest BCUT2D eigenvalue weighted by atomic mass is 10.2. The second kappa shape index (κ2) is 9.54. The minimum Gasteiger partial charge on any atom is -0.611 e. The number of imidazole rings is 1. The second-order valence-corrected chi connectivity index (χ2v) is 8.68. The van der Waals surface area contributed by atoms with Crippen LogP contribution >= 0.6 is 0 Å². The van der Waals surface area contributed by atoms with Crippen LogP contribution in [0.15, 0.2) is 29.3 Å². The number of nitrogens with zero attached hydrogens (tertiary/aromatic N) is 3. The highest BCUT2D eigenvalue weighted by Gasteiger charge is 2.18. The van der Waals surface area contributed by atoms with Gasteiger partial charge in [0.1, 0.15) is 22.9 Å². The fourth-order valence-electron chi connectivity index (χ4n) is 3.47. The summed E-state index contributed by atoms with van der Waals surface area (Å²) in [7, 11) is 0. The summed E-state index contributed by atoms with van der Waals surface area (Å²) in [4.78, 5) is 8.97. The fourth-order valence-corrected chi connectivity index (χ4v) is 4.65. The highest BCUT2D eigenvalue weighted by molar-refractivity contribution is 7.91. The molecule has 156 valence electrons. The predicted molar refractivity (Wildman–Crippen MR) is 112 cm³/mol. The van der Waals surface area contributed by atoms with Gasteiger partial charge in [-0.05, 0) is 61.5 Å². The molecule has 1 unspecified atom stereocenters. The Morgan fingerprint density at radius 3 is 2.72 bits per heavy atom. The summed E-state index contributed by atoms with van der Waals surface area (Å²) < 4.78 is 41.2. The minimum absolute atomic E-state index is 0.0656. The number of fused-ring (bicyclic) bond motifs is 1. The Hall–Kier alpha value is -2.19. The maximum absolute atomic E-state index is 13.7. The summed E-state index contributed by atoms with van der Waals surface area (Å²) in [6, 6.07) is 3.17. The maximum atomic E-state index is 13.7. The van der Waals surface area contributed by atoms with Crippen molar-refractivity contribution in [2.45, 2.75) is 57.4 Å². The first kappa shape index (κ1) is 21.5. The molecule has 5 nitrogen and oxygen atoms in total. The first-order valence-electron chi connectivity index (χ1n) is 9.86. The van der Waals surface area contributed by atoms with Crippen LogP contribution in [0.4, 0.5) is 14.6 Å². The van der Waals surface area contributed by atoms with Crippen LogP contribution in [0.5, 0.6) is 0 Å². The van der Waals surface area contributed by atoms with Crippen molar-refractivity contribution in [3.63, 3.8) is 0 Å². The Balaban J connectivity index is 1.61. The van der Waals surface area contributed by atoms with Gasteiger partial charge in [-0.3, -0.25) is 0 Å². The highest BCUT2D eigenvalue weighted by Crippen LogP contribution is 2.25. The number of benzene rings is 1. The van der Waals surface area contributed by atoms with E-state index in [9.17, 15) is 13.3 Å². The van der Waals surface area contributed by atoms with E-state index < -0.39 is 22.8 Å². The van der Waals surface area contributed by atoms with Gasteiger partial charge in [-0.15, -0.1) is 0 Å². The van der Waals surface area contributed by atoms with Crippen LogP contribution in [0.1, 0.15) is 44.0 Å². The second-order valence-electron chi connectivity index (χ2n) is 7.14. The number of nitrogens with two attached hydrogens (primary N) is 1. The third-order valence-electron chi connectivity index (χ3n) is 4.88. The van der Waals surface area contributed by atoms with Crippen molar-refractivity contribution in [2.24, 2.45) is 0 Å². The molecule has 0 aliphatic rings. The molecule has 0 amide bonds. The van der Waals surface area contributed by atoms with Crippen molar-refractivity contribution in [1.29, 1.82) is 0 Å². The number of hydrogen-bond acceptors (Lipinski definition) is 4. The Labute approximate surface area is 172 Å². The molecule has 2 N–H and O–H groups in total. The molecular weight excluding hydrogens is 394 g/mol. The van der Waals surface area contributed by atoms with Crippen molar-refractivity contribution >= 4 is 28.0 Å². The lowest BCUT2D eigenvalue weighted by molar-refractivity contribution is 0.544. The van der Waals surface area contributed by atoms with E-state index >= 15 is 0 Å². The van der Waals surface area contributed by atoms with Crippen LogP contribution < -0.4 is 5.73 Å². The number of anilines is 1. The van der Waals surface area contributed by atoms with Crippen LogP contribution in [-0.4, -0.2) is 24.8 Å². The van der Waals surface area contributed by atoms with E-state index in [-0.39, 0.29) is 4.90 Å². The number of rotatable bonds is 9. The van der Waals surface area contributed by atoms with Crippen molar-refractivity contribution < 1.29 is 13.3 Å². The van der Waals surface area contributed by atoms with Gasteiger partial charge in [0, 0.05) is 25.2 Å². The summed E-state index contributed by atoms with van der Waals surface area (Å²) in [5.41, 5.74) is 8.83. The molecule has 0 saturated carbocycles. The molecule has 0 aliphatic carbocycles. The fraction of sp³-hybridized carbons (Fsp3) is 0.429. The number of aromatic nitrogens is 3. The van der Waals surface area contributed by atoms with Gasteiger partial charge in [-0.25, -0.2) is 18.7 Å². The zero-order valence-electron chi connectivity index (χ0n) is 16.8. The summed E-state index contributed by atoms with van der Waals surface area (Å²) in [5, 5.41) is 0. The largest absolute Gasteiger partial charge is 0.611 e. The van der Waals surface area contributed by atoms with Gasteiger partial charge in [0.2, 0.25) is 0 Å². The van der Waals surface area contributed by atoms with Gasteiger partial charge in [-0.1, -0.05) is 6.92 Å². The number of nitrogen functional groups attached to an aromatic ring is 1. The first-order valence-corrected chi connectivity index (χ1v) is 11.2.